The Balaban J connectivity index is 1.55. The van der Waals surface area contributed by atoms with Crippen LogP contribution in [0.1, 0.15) is 37.8 Å². The molecule has 0 aliphatic carbocycles. The molecule has 35 heavy (non-hydrogen) atoms. The summed E-state index contributed by atoms with van der Waals surface area (Å²) < 4.78 is 66.7. The normalized spacial score (nSPS) is 13.2. The predicted octanol–water partition coefficient (Wildman–Crippen LogP) is 4.45. The van der Waals surface area contributed by atoms with Crippen molar-refractivity contribution in [2.45, 2.75) is 43.3 Å². The first-order valence-electron chi connectivity index (χ1n) is 11.4. The number of benzene rings is 3. The van der Waals surface area contributed by atoms with Crippen LogP contribution in [-0.4, -0.2) is 35.2 Å². The van der Waals surface area contributed by atoms with Gasteiger partial charge in [0.2, 0.25) is 20.0 Å². The van der Waals surface area contributed by atoms with E-state index in [2.05, 4.69) is 9.44 Å². The predicted molar refractivity (Wildman–Crippen MR) is 138 cm³/mol. The van der Waals surface area contributed by atoms with Gasteiger partial charge in [0.1, 0.15) is 5.82 Å². The number of halogens is 1. The highest BCUT2D eigenvalue weighted by Crippen LogP contribution is 2.23. The van der Waals surface area contributed by atoms with E-state index in [9.17, 15) is 21.2 Å². The highest BCUT2D eigenvalue weighted by molar-refractivity contribution is 7.90. The summed E-state index contributed by atoms with van der Waals surface area (Å²) in [5.41, 5.74) is 4.09. The summed E-state index contributed by atoms with van der Waals surface area (Å²) in [6.45, 7) is 5.86. The molecule has 3 aromatic rings. The van der Waals surface area contributed by atoms with Gasteiger partial charge in [-0.15, -0.1) is 0 Å². The average molecular weight is 519 g/mol. The third-order valence-electron chi connectivity index (χ3n) is 5.81. The molecule has 9 heteroatoms. The van der Waals surface area contributed by atoms with Gasteiger partial charge in [-0.3, -0.25) is 0 Å². The lowest BCUT2D eigenvalue weighted by Crippen LogP contribution is -2.33. The first kappa shape index (κ1) is 27.0. The molecule has 0 amide bonds. The van der Waals surface area contributed by atoms with E-state index in [1.807, 2.05) is 55.5 Å². The summed E-state index contributed by atoms with van der Waals surface area (Å²) in [7, 11) is -6.97. The molecule has 0 aliphatic heterocycles. The van der Waals surface area contributed by atoms with E-state index < -0.39 is 31.1 Å². The third kappa shape index (κ3) is 7.44. The molecule has 188 valence electrons. The summed E-state index contributed by atoms with van der Waals surface area (Å²) in [6.07, 6.45) is 0.517. The Hall–Kier alpha value is -2.59. The Bertz CT molecular complexity index is 1320. The third-order valence-corrected chi connectivity index (χ3v) is 9.10. The maximum atomic E-state index is 13.0. The standard InChI is InChI=1S/C26H31FN2O4S2/c1-19(2)34(30,31)29-18-20(3)22-8-10-24(11-9-22)23-6-4-21(5-7-23)16-17-28-35(32,33)26-14-12-25(27)13-15-26/h4-15,19-20,28-29H,16-18H2,1-3H3. The Kier molecular flexibility index (Phi) is 8.82. The first-order chi connectivity index (χ1) is 16.5. The molecular formula is C26H31FN2O4S2. The van der Waals surface area contributed by atoms with Crippen molar-refractivity contribution in [1.29, 1.82) is 0 Å². The van der Waals surface area contributed by atoms with Crippen LogP contribution >= 0.6 is 0 Å². The minimum atomic E-state index is -3.68. The van der Waals surface area contributed by atoms with Crippen molar-refractivity contribution < 1.29 is 21.2 Å². The molecule has 0 saturated carbocycles. The van der Waals surface area contributed by atoms with Gasteiger partial charge in [0.15, 0.2) is 0 Å². The number of hydrogen-bond donors (Lipinski definition) is 2. The van der Waals surface area contributed by atoms with Crippen LogP contribution < -0.4 is 9.44 Å². The van der Waals surface area contributed by atoms with E-state index in [0.717, 1.165) is 34.4 Å². The van der Waals surface area contributed by atoms with Gasteiger partial charge in [-0.05, 0) is 72.7 Å². The van der Waals surface area contributed by atoms with Crippen molar-refractivity contribution in [2.24, 2.45) is 0 Å². The summed E-state index contributed by atoms with van der Waals surface area (Å²) in [4.78, 5) is 0.0318. The molecule has 6 nitrogen and oxygen atoms in total. The molecule has 1 atom stereocenters. The van der Waals surface area contributed by atoms with E-state index in [4.69, 9.17) is 0 Å². The second kappa shape index (κ2) is 11.4. The molecule has 0 heterocycles. The van der Waals surface area contributed by atoms with Crippen molar-refractivity contribution >= 4 is 20.0 Å². The van der Waals surface area contributed by atoms with Crippen LogP contribution in [0.3, 0.4) is 0 Å². The lowest BCUT2D eigenvalue weighted by atomic mass is 9.97. The molecular weight excluding hydrogens is 487 g/mol. The molecule has 0 fully saturated rings. The number of sulfonamides is 2. The van der Waals surface area contributed by atoms with E-state index in [-0.39, 0.29) is 17.4 Å². The van der Waals surface area contributed by atoms with Gasteiger partial charge in [-0.2, -0.15) is 0 Å². The van der Waals surface area contributed by atoms with Crippen LogP contribution in [0.15, 0.2) is 77.7 Å². The quantitative estimate of drug-likeness (QED) is 0.392. The van der Waals surface area contributed by atoms with Crippen LogP contribution in [-0.2, 0) is 26.5 Å². The van der Waals surface area contributed by atoms with Gasteiger partial charge < -0.3 is 0 Å². The Morgan fingerprint density at radius 3 is 1.83 bits per heavy atom. The zero-order chi connectivity index (χ0) is 25.6. The fourth-order valence-corrected chi connectivity index (χ4v) is 5.27. The summed E-state index contributed by atoms with van der Waals surface area (Å²) in [5.74, 6) is -0.444. The molecule has 1 unspecified atom stereocenters. The van der Waals surface area contributed by atoms with Crippen LogP contribution in [0.2, 0.25) is 0 Å². The summed E-state index contributed by atoms with van der Waals surface area (Å²) >= 11 is 0. The average Bonchev–Trinajstić information content (AvgIpc) is 2.83. The molecule has 0 radical (unpaired) electrons. The van der Waals surface area contributed by atoms with Gasteiger partial charge in [-0.25, -0.2) is 30.7 Å². The van der Waals surface area contributed by atoms with Crippen LogP contribution in [0.4, 0.5) is 4.39 Å². The minimum Gasteiger partial charge on any atom is -0.214 e. The molecule has 3 aromatic carbocycles. The Morgan fingerprint density at radius 2 is 1.29 bits per heavy atom. The fourth-order valence-electron chi connectivity index (χ4n) is 3.42. The smallest absolute Gasteiger partial charge is 0.214 e. The van der Waals surface area contributed by atoms with E-state index in [1.165, 1.54) is 12.1 Å². The lowest BCUT2D eigenvalue weighted by molar-refractivity contribution is 0.566. The van der Waals surface area contributed by atoms with E-state index >= 15 is 0 Å². The van der Waals surface area contributed by atoms with Gasteiger partial charge >= 0.3 is 0 Å². The Morgan fingerprint density at radius 1 is 0.743 bits per heavy atom. The van der Waals surface area contributed by atoms with Crippen molar-refractivity contribution in [2.75, 3.05) is 13.1 Å². The largest absolute Gasteiger partial charge is 0.240 e. The van der Waals surface area contributed by atoms with Crippen molar-refractivity contribution in [3.63, 3.8) is 0 Å². The van der Waals surface area contributed by atoms with E-state index in [1.54, 1.807) is 13.8 Å². The molecule has 0 saturated heterocycles. The lowest BCUT2D eigenvalue weighted by Gasteiger charge is -2.15. The maximum Gasteiger partial charge on any atom is 0.240 e. The molecule has 2 N–H and O–H groups in total. The molecule has 0 aliphatic rings. The second-order valence-corrected chi connectivity index (χ2v) is 12.9. The first-order valence-corrected chi connectivity index (χ1v) is 14.4. The van der Waals surface area contributed by atoms with Crippen molar-refractivity contribution in [3.8, 4) is 11.1 Å². The van der Waals surface area contributed by atoms with Gasteiger partial charge in [0.05, 0.1) is 10.1 Å². The van der Waals surface area contributed by atoms with Gasteiger partial charge in [-0.1, -0.05) is 55.5 Å². The monoisotopic (exact) mass is 518 g/mol. The molecule has 0 aromatic heterocycles. The summed E-state index contributed by atoms with van der Waals surface area (Å²) in [6, 6.07) is 20.6. The highest BCUT2D eigenvalue weighted by atomic mass is 32.2. The van der Waals surface area contributed by atoms with E-state index in [0.29, 0.717) is 13.0 Å². The van der Waals surface area contributed by atoms with Crippen LogP contribution in [0.5, 0.6) is 0 Å². The minimum absolute atomic E-state index is 0.0318. The molecule has 0 spiro atoms. The Labute approximate surface area is 207 Å². The SMILES string of the molecule is CC(CNS(=O)(=O)C(C)C)c1ccc(-c2ccc(CCNS(=O)(=O)c3ccc(F)cc3)cc2)cc1. The van der Waals surface area contributed by atoms with Gasteiger partial charge in [0, 0.05) is 13.1 Å². The van der Waals surface area contributed by atoms with Crippen LogP contribution in [0.25, 0.3) is 11.1 Å². The van der Waals surface area contributed by atoms with Crippen molar-refractivity contribution in [3.05, 3.63) is 89.7 Å². The summed E-state index contributed by atoms with van der Waals surface area (Å²) in [5, 5.41) is -0.463. The maximum absolute atomic E-state index is 13.0. The van der Waals surface area contributed by atoms with Crippen molar-refractivity contribution in [1.82, 2.24) is 9.44 Å². The number of nitrogens with one attached hydrogen (secondary N) is 2. The zero-order valence-electron chi connectivity index (χ0n) is 20.0. The molecule has 3 rings (SSSR count). The fraction of sp³-hybridized carbons (Fsp3) is 0.308. The second-order valence-electron chi connectivity index (χ2n) is 8.76. The van der Waals surface area contributed by atoms with Gasteiger partial charge in [0.25, 0.3) is 0 Å². The van der Waals surface area contributed by atoms with Crippen LogP contribution in [0, 0.1) is 5.82 Å². The topological polar surface area (TPSA) is 92.3 Å². The highest BCUT2D eigenvalue weighted by Gasteiger charge is 2.17. The number of hydrogen-bond acceptors (Lipinski definition) is 4. The number of rotatable bonds is 11. The zero-order valence-corrected chi connectivity index (χ0v) is 21.7. The molecule has 0 bridgehead atoms.